The molecule has 2 aromatic rings. The number of halogens is 1. The molecule has 1 heterocycles. The Labute approximate surface area is 112 Å². The predicted octanol–water partition coefficient (Wildman–Crippen LogP) is 2.07. The van der Waals surface area contributed by atoms with Crippen LogP contribution >= 0.6 is 12.4 Å². The van der Waals surface area contributed by atoms with Crippen molar-refractivity contribution >= 4 is 29.2 Å². The van der Waals surface area contributed by atoms with Crippen LogP contribution in [0, 0.1) is 0 Å². The highest BCUT2D eigenvalue weighted by molar-refractivity contribution is 5.93. The summed E-state index contributed by atoms with van der Waals surface area (Å²) < 4.78 is 1.64. The van der Waals surface area contributed by atoms with Crippen molar-refractivity contribution in [2.75, 3.05) is 6.54 Å². The van der Waals surface area contributed by atoms with Crippen LogP contribution in [0.2, 0.25) is 0 Å². The Balaban J connectivity index is 0.00000162. The molecule has 1 atom stereocenters. The van der Waals surface area contributed by atoms with E-state index in [1.165, 1.54) is 0 Å². The number of hydrogen-bond donors (Lipinski definition) is 2. The van der Waals surface area contributed by atoms with Gasteiger partial charge in [0.2, 0.25) is 5.91 Å². The van der Waals surface area contributed by atoms with Gasteiger partial charge in [-0.15, -0.1) is 12.4 Å². The van der Waals surface area contributed by atoms with E-state index in [4.69, 9.17) is 11.5 Å². The van der Waals surface area contributed by atoms with Crippen molar-refractivity contribution in [2.45, 2.75) is 19.4 Å². The molecular formula is C13H18ClN3O. The van der Waals surface area contributed by atoms with Crippen LogP contribution in [0.4, 0.5) is 0 Å². The van der Waals surface area contributed by atoms with Crippen molar-refractivity contribution in [3.8, 4) is 0 Å². The Morgan fingerprint density at radius 3 is 2.67 bits per heavy atom. The lowest BCUT2D eigenvalue weighted by Gasteiger charge is -2.08. The Morgan fingerprint density at radius 2 is 2.06 bits per heavy atom. The normalized spacial score (nSPS) is 12.2. The van der Waals surface area contributed by atoms with E-state index in [0.29, 0.717) is 13.0 Å². The Bertz CT molecular complexity index is 550. The molecule has 0 aliphatic carbocycles. The predicted molar refractivity (Wildman–Crippen MR) is 76.1 cm³/mol. The van der Waals surface area contributed by atoms with Crippen LogP contribution in [0.25, 0.3) is 10.9 Å². The van der Waals surface area contributed by atoms with Gasteiger partial charge in [0.05, 0.1) is 5.52 Å². The second-order valence-corrected chi connectivity index (χ2v) is 4.17. The third-order valence-electron chi connectivity index (χ3n) is 2.96. The van der Waals surface area contributed by atoms with E-state index < -0.39 is 0 Å². The zero-order valence-electron chi connectivity index (χ0n) is 10.3. The van der Waals surface area contributed by atoms with Crippen molar-refractivity contribution < 1.29 is 4.79 Å². The van der Waals surface area contributed by atoms with Crippen molar-refractivity contribution in [1.29, 1.82) is 0 Å². The van der Waals surface area contributed by atoms with Gasteiger partial charge in [-0.25, -0.2) is 0 Å². The summed E-state index contributed by atoms with van der Waals surface area (Å²) in [4.78, 5) is 11.6. The van der Waals surface area contributed by atoms with Crippen molar-refractivity contribution in [3.05, 3.63) is 36.0 Å². The first kappa shape index (κ1) is 14.7. The summed E-state index contributed by atoms with van der Waals surface area (Å²) in [5.41, 5.74) is 13.5. The highest BCUT2D eigenvalue weighted by Crippen LogP contribution is 2.26. The molecule has 0 aliphatic rings. The molecule has 0 amide bonds. The maximum Gasteiger partial charge on any atom is 0.227 e. The van der Waals surface area contributed by atoms with E-state index >= 15 is 0 Å². The van der Waals surface area contributed by atoms with E-state index in [9.17, 15) is 4.79 Å². The van der Waals surface area contributed by atoms with Crippen LogP contribution < -0.4 is 11.5 Å². The Kier molecular flexibility index (Phi) is 4.90. The van der Waals surface area contributed by atoms with Gasteiger partial charge in [-0.1, -0.05) is 18.2 Å². The number of hydrogen-bond acceptors (Lipinski definition) is 3. The second kappa shape index (κ2) is 6.00. The molecule has 18 heavy (non-hydrogen) atoms. The molecule has 0 saturated carbocycles. The van der Waals surface area contributed by atoms with Gasteiger partial charge in [-0.3, -0.25) is 9.36 Å². The Morgan fingerprint density at radius 1 is 1.39 bits per heavy atom. The number of para-hydroxylation sites is 1. The van der Waals surface area contributed by atoms with Crippen molar-refractivity contribution in [1.82, 2.24) is 4.57 Å². The number of carbonyl (C=O) groups is 1. The molecular weight excluding hydrogens is 250 g/mol. The van der Waals surface area contributed by atoms with Crippen LogP contribution in [0.1, 0.15) is 29.7 Å². The van der Waals surface area contributed by atoms with Gasteiger partial charge in [-0.2, -0.15) is 0 Å². The zero-order valence-corrected chi connectivity index (χ0v) is 11.1. The molecule has 0 unspecified atom stereocenters. The zero-order chi connectivity index (χ0) is 12.4. The van der Waals surface area contributed by atoms with E-state index in [-0.39, 0.29) is 24.4 Å². The van der Waals surface area contributed by atoms with E-state index in [0.717, 1.165) is 16.5 Å². The molecule has 0 bridgehead atoms. The van der Waals surface area contributed by atoms with Gasteiger partial charge >= 0.3 is 0 Å². The molecule has 0 aliphatic heterocycles. The molecule has 2 rings (SSSR count). The monoisotopic (exact) mass is 267 g/mol. The minimum atomic E-state index is -0.120. The molecule has 0 saturated heterocycles. The van der Waals surface area contributed by atoms with Crippen LogP contribution in [0.3, 0.4) is 0 Å². The number of benzene rings is 1. The summed E-state index contributed by atoms with van der Waals surface area (Å²) in [6, 6.07) is 7.66. The lowest BCUT2D eigenvalue weighted by atomic mass is 10.0. The van der Waals surface area contributed by atoms with Crippen LogP contribution in [0.5, 0.6) is 0 Å². The van der Waals surface area contributed by atoms with Gasteiger partial charge < -0.3 is 11.5 Å². The van der Waals surface area contributed by atoms with Crippen LogP contribution in [-0.2, 0) is 0 Å². The maximum atomic E-state index is 11.6. The fourth-order valence-electron chi connectivity index (χ4n) is 2.10. The topological polar surface area (TPSA) is 74.0 Å². The number of aromatic nitrogens is 1. The van der Waals surface area contributed by atoms with Gasteiger partial charge in [0.1, 0.15) is 0 Å². The van der Waals surface area contributed by atoms with Crippen molar-refractivity contribution in [2.24, 2.45) is 11.5 Å². The smallest absolute Gasteiger partial charge is 0.227 e. The number of nitrogens with two attached hydrogens (primary N) is 2. The van der Waals surface area contributed by atoms with Crippen LogP contribution in [-0.4, -0.2) is 17.0 Å². The third-order valence-corrected chi connectivity index (χ3v) is 2.96. The summed E-state index contributed by atoms with van der Waals surface area (Å²) >= 11 is 0. The summed E-state index contributed by atoms with van der Waals surface area (Å²) in [7, 11) is 0. The van der Waals surface area contributed by atoms with E-state index in [2.05, 4.69) is 0 Å². The molecule has 0 spiro atoms. The number of carbonyl (C=O) groups excluding carboxylic acids is 1. The SMILES string of the molecule is CC(=O)n1cc([C@H](N)CCN)c2ccccc21.Cl. The quantitative estimate of drug-likeness (QED) is 0.894. The van der Waals surface area contributed by atoms with Gasteiger partial charge in [0.15, 0.2) is 0 Å². The molecule has 4 nitrogen and oxygen atoms in total. The van der Waals surface area contributed by atoms with E-state index in [1.807, 2.05) is 30.5 Å². The standard InChI is InChI=1S/C13H17N3O.ClH/c1-9(17)16-8-11(12(15)6-7-14)10-4-2-3-5-13(10)16;/h2-5,8,12H,6-7,14-15H2,1H3;1H/t12-;/m1./s1. The van der Waals surface area contributed by atoms with Crippen LogP contribution in [0.15, 0.2) is 30.5 Å². The van der Waals surface area contributed by atoms with Gasteiger partial charge in [0.25, 0.3) is 0 Å². The lowest BCUT2D eigenvalue weighted by molar-refractivity contribution is 0.0941. The minimum Gasteiger partial charge on any atom is -0.330 e. The average Bonchev–Trinajstić information content (AvgIpc) is 2.69. The lowest BCUT2D eigenvalue weighted by Crippen LogP contribution is -2.15. The molecule has 0 fully saturated rings. The first-order chi connectivity index (χ1) is 8.15. The molecule has 1 aromatic carbocycles. The molecule has 98 valence electrons. The van der Waals surface area contributed by atoms with Gasteiger partial charge in [-0.05, 0) is 24.6 Å². The number of fused-ring (bicyclic) bond motifs is 1. The third kappa shape index (κ3) is 2.56. The largest absolute Gasteiger partial charge is 0.330 e. The summed E-state index contributed by atoms with van der Waals surface area (Å²) in [6.07, 6.45) is 2.54. The average molecular weight is 268 g/mol. The fraction of sp³-hybridized carbons (Fsp3) is 0.308. The summed E-state index contributed by atoms with van der Waals surface area (Å²) in [5.74, 6) is -0.00704. The van der Waals surface area contributed by atoms with E-state index in [1.54, 1.807) is 11.5 Å². The number of rotatable bonds is 3. The summed E-state index contributed by atoms with van der Waals surface area (Å²) in [5, 5.41) is 1.03. The molecule has 5 heteroatoms. The first-order valence-electron chi connectivity index (χ1n) is 5.71. The fourth-order valence-corrected chi connectivity index (χ4v) is 2.10. The molecule has 0 radical (unpaired) electrons. The highest BCUT2D eigenvalue weighted by atomic mass is 35.5. The molecule has 1 aromatic heterocycles. The maximum absolute atomic E-state index is 11.6. The first-order valence-corrected chi connectivity index (χ1v) is 5.71. The van der Waals surface area contributed by atoms with Crippen molar-refractivity contribution in [3.63, 3.8) is 0 Å². The summed E-state index contributed by atoms with van der Waals surface area (Å²) in [6.45, 7) is 2.09. The highest BCUT2D eigenvalue weighted by Gasteiger charge is 2.15. The number of nitrogens with zero attached hydrogens (tertiary/aromatic N) is 1. The van der Waals surface area contributed by atoms with Gasteiger partial charge in [0, 0.05) is 24.5 Å². The minimum absolute atomic E-state index is 0. The Hall–Kier alpha value is -1.36. The molecule has 4 N–H and O–H groups in total. The second-order valence-electron chi connectivity index (χ2n) is 4.17.